The van der Waals surface area contributed by atoms with Crippen molar-refractivity contribution in [2.24, 2.45) is 0 Å². The lowest BCUT2D eigenvalue weighted by Crippen LogP contribution is -2.28. The number of nitrogens with zero attached hydrogens (tertiary/aromatic N) is 5. The average Bonchev–Trinajstić information content (AvgIpc) is 2.80. The van der Waals surface area contributed by atoms with E-state index in [1.165, 1.54) is 24.3 Å². The molecule has 0 aliphatic carbocycles. The molecule has 0 spiro atoms. The number of nitrogen functional groups attached to an aromatic ring is 2. The van der Waals surface area contributed by atoms with Crippen LogP contribution in [0.3, 0.4) is 0 Å². The minimum absolute atomic E-state index is 0.0250. The van der Waals surface area contributed by atoms with E-state index in [-0.39, 0.29) is 45.6 Å². The summed E-state index contributed by atoms with van der Waals surface area (Å²) in [6.45, 7) is 3.34. The van der Waals surface area contributed by atoms with E-state index in [1.54, 1.807) is 20.9 Å². The minimum atomic E-state index is -0.795. The van der Waals surface area contributed by atoms with Crippen LogP contribution in [0.5, 0.6) is 0 Å². The maximum absolute atomic E-state index is 14.8. The van der Waals surface area contributed by atoms with Gasteiger partial charge in [0.15, 0.2) is 5.82 Å². The van der Waals surface area contributed by atoms with Gasteiger partial charge in [0.05, 0.1) is 17.2 Å². The highest BCUT2D eigenvalue weighted by atomic mass is 19.1. The Bertz CT molecular complexity index is 1580. The van der Waals surface area contributed by atoms with Crippen LogP contribution in [0.2, 0.25) is 0 Å². The zero-order valence-corrected chi connectivity index (χ0v) is 19.0. The Balaban J connectivity index is 2.01. The molecule has 0 amide bonds. The van der Waals surface area contributed by atoms with Gasteiger partial charge >= 0.3 is 0 Å². The second kappa shape index (κ2) is 8.86. The van der Waals surface area contributed by atoms with E-state index in [4.69, 9.17) is 11.5 Å². The summed E-state index contributed by atoms with van der Waals surface area (Å²) in [5.41, 5.74) is 12.0. The fourth-order valence-corrected chi connectivity index (χ4v) is 3.77. The van der Waals surface area contributed by atoms with Crippen molar-refractivity contribution < 1.29 is 8.78 Å². The van der Waals surface area contributed by atoms with Gasteiger partial charge in [-0.2, -0.15) is 15.2 Å². The van der Waals surface area contributed by atoms with Crippen LogP contribution < -0.4 is 27.7 Å². The lowest BCUT2D eigenvalue weighted by Gasteiger charge is -2.21. The molecule has 12 heteroatoms. The SMILES string of the molecule is CNc1cc(F)cc(-n2c(C(C)Nc3nc(N)nc(N)c3C#N)nc3c(C)ccc(F)c3c2=O)c1. The molecule has 6 N–H and O–H groups in total. The summed E-state index contributed by atoms with van der Waals surface area (Å²) in [5.74, 6) is -1.52. The molecule has 0 aliphatic rings. The largest absolute Gasteiger partial charge is 0.388 e. The van der Waals surface area contributed by atoms with Crippen molar-refractivity contribution in [2.45, 2.75) is 19.9 Å². The van der Waals surface area contributed by atoms with Gasteiger partial charge < -0.3 is 22.1 Å². The molecule has 35 heavy (non-hydrogen) atoms. The molecule has 4 aromatic rings. The zero-order valence-electron chi connectivity index (χ0n) is 19.0. The third-order valence-corrected chi connectivity index (χ3v) is 5.44. The predicted octanol–water partition coefficient (Wildman–Crippen LogP) is 3.01. The Kier molecular flexibility index (Phi) is 5.92. The molecule has 0 aliphatic heterocycles. The fraction of sp³-hybridized carbons (Fsp3) is 0.174. The summed E-state index contributed by atoms with van der Waals surface area (Å²) in [7, 11) is 1.60. The molecule has 0 radical (unpaired) electrons. The number of nitrogens with two attached hydrogens (primary N) is 2. The highest BCUT2D eigenvalue weighted by molar-refractivity contribution is 5.82. The van der Waals surface area contributed by atoms with Gasteiger partial charge in [0.1, 0.15) is 40.3 Å². The molecule has 10 nitrogen and oxygen atoms in total. The molecule has 2 aromatic carbocycles. The molecule has 1 unspecified atom stereocenters. The number of hydrogen-bond donors (Lipinski definition) is 4. The summed E-state index contributed by atoms with van der Waals surface area (Å²) in [4.78, 5) is 26.0. The molecule has 0 saturated carbocycles. The smallest absolute Gasteiger partial charge is 0.269 e. The summed E-state index contributed by atoms with van der Waals surface area (Å²) in [5, 5.41) is 15.1. The van der Waals surface area contributed by atoms with Crippen LogP contribution >= 0.6 is 0 Å². The standard InChI is InChI=1S/C23H21F2N9O/c1-10-4-5-16(25)17-18(10)31-21(11(2)30-20-15(9-26)19(27)32-23(28)33-20)34(22(17)35)14-7-12(24)6-13(8-14)29-3/h4-8,11,29H,1-3H3,(H5,27,28,30,32,33). The molecule has 1 atom stereocenters. The molecule has 2 heterocycles. The Morgan fingerprint density at radius 1 is 1.14 bits per heavy atom. The van der Waals surface area contributed by atoms with Gasteiger partial charge in [-0.15, -0.1) is 0 Å². The Hall–Kier alpha value is -4.79. The van der Waals surface area contributed by atoms with Crippen molar-refractivity contribution in [1.29, 1.82) is 5.26 Å². The molecular formula is C23H21F2N9O. The van der Waals surface area contributed by atoms with Crippen LogP contribution in [0.25, 0.3) is 16.6 Å². The highest BCUT2D eigenvalue weighted by Crippen LogP contribution is 2.27. The monoisotopic (exact) mass is 477 g/mol. The normalized spacial score (nSPS) is 11.8. The molecule has 2 aromatic heterocycles. The number of aromatic nitrogens is 4. The van der Waals surface area contributed by atoms with Crippen LogP contribution in [0.15, 0.2) is 35.1 Å². The number of rotatable bonds is 5. The molecule has 0 bridgehead atoms. The molecule has 4 rings (SSSR count). The summed E-state index contributed by atoms with van der Waals surface area (Å²) < 4.78 is 30.3. The number of hydrogen-bond acceptors (Lipinski definition) is 9. The lowest BCUT2D eigenvalue weighted by atomic mass is 10.1. The second-order valence-electron chi connectivity index (χ2n) is 7.82. The van der Waals surface area contributed by atoms with Crippen LogP contribution in [0.4, 0.5) is 32.1 Å². The number of fused-ring (bicyclic) bond motifs is 1. The number of anilines is 4. The number of benzene rings is 2. The van der Waals surface area contributed by atoms with Gasteiger partial charge in [-0.25, -0.2) is 13.8 Å². The van der Waals surface area contributed by atoms with Crippen molar-refractivity contribution >= 4 is 34.2 Å². The van der Waals surface area contributed by atoms with Gasteiger partial charge in [-0.3, -0.25) is 9.36 Å². The van der Waals surface area contributed by atoms with Gasteiger partial charge in [0.25, 0.3) is 5.56 Å². The van der Waals surface area contributed by atoms with E-state index >= 15 is 0 Å². The van der Waals surface area contributed by atoms with Crippen molar-refractivity contribution in [1.82, 2.24) is 19.5 Å². The first-order valence-corrected chi connectivity index (χ1v) is 10.4. The van der Waals surface area contributed by atoms with Crippen LogP contribution in [0.1, 0.15) is 29.9 Å². The number of aryl methyl sites for hydroxylation is 1. The minimum Gasteiger partial charge on any atom is -0.388 e. The predicted molar refractivity (Wildman–Crippen MR) is 129 cm³/mol. The maximum atomic E-state index is 14.8. The van der Waals surface area contributed by atoms with E-state index in [0.717, 1.165) is 10.6 Å². The molecule has 178 valence electrons. The van der Waals surface area contributed by atoms with E-state index in [9.17, 15) is 18.8 Å². The second-order valence-corrected chi connectivity index (χ2v) is 7.82. The third-order valence-electron chi connectivity index (χ3n) is 5.44. The topological polar surface area (TPSA) is 161 Å². The third kappa shape index (κ3) is 4.15. The van der Waals surface area contributed by atoms with Crippen molar-refractivity contribution in [3.05, 3.63) is 69.3 Å². The van der Waals surface area contributed by atoms with Gasteiger partial charge in [0.2, 0.25) is 5.95 Å². The van der Waals surface area contributed by atoms with Gasteiger partial charge in [-0.1, -0.05) is 6.07 Å². The van der Waals surface area contributed by atoms with Crippen LogP contribution in [-0.2, 0) is 0 Å². The lowest BCUT2D eigenvalue weighted by molar-refractivity contribution is 0.624. The van der Waals surface area contributed by atoms with E-state index in [1.807, 2.05) is 6.07 Å². The Morgan fingerprint density at radius 2 is 1.89 bits per heavy atom. The van der Waals surface area contributed by atoms with E-state index < -0.39 is 23.2 Å². The quantitative estimate of drug-likeness (QED) is 0.339. The van der Waals surface area contributed by atoms with Gasteiger partial charge in [-0.05, 0) is 43.7 Å². The fourth-order valence-electron chi connectivity index (χ4n) is 3.77. The molecule has 0 fully saturated rings. The zero-order chi connectivity index (χ0) is 25.4. The Labute approximate surface area is 198 Å². The first-order valence-electron chi connectivity index (χ1n) is 10.4. The van der Waals surface area contributed by atoms with Crippen molar-refractivity contribution in [3.8, 4) is 11.8 Å². The van der Waals surface area contributed by atoms with Crippen molar-refractivity contribution in [3.63, 3.8) is 0 Å². The highest BCUT2D eigenvalue weighted by Gasteiger charge is 2.23. The number of nitrogens with one attached hydrogen (secondary N) is 2. The first-order chi connectivity index (χ1) is 16.6. The average molecular weight is 477 g/mol. The van der Waals surface area contributed by atoms with E-state index in [0.29, 0.717) is 11.3 Å². The molecule has 0 saturated heterocycles. The number of nitriles is 1. The summed E-state index contributed by atoms with van der Waals surface area (Å²) in [6, 6.07) is 7.73. The summed E-state index contributed by atoms with van der Waals surface area (Å²) in [6.07, 6.45) is 0. The summed E-state index contributed by atoms with van der Waals surface area (Å²) >= 11 is 0. The van der Waals surface area contributed by atoms with Crippen LogP contribution in [0, 0.1) is 29.9 Å². The maximum Gasteiger partial charge on any atom is 0.269 e. The van der Waals surface area contributed by atoms with Gasteiger partial charge in [0, 0.05) is 12.7 Å². The molecular weight excluding hydrogens is 456 g/mol. The Morgan fingerprint density at radius 3 is 2.57 bits per heavy atom. The van der Waals surface area contributed by atoms with Crippen LogP contribution in [-0.4, -0.2) is 26.6 Å². The van der Waals surface area contributed by atoms with Crippen molar-refractivity contribution in [2.75, 3.05) is 29.1 Å². The van der Waals surface area contributed by atoms with E-state index in [2.05, 4.69) is 25.6 Å². The number of halogens is 2. The first kappa shape index (κ1) is 23.4.